The van der Waals surface area contributed by atoms with Crippen LogP contribution in [0.2, 0.25) is 0 Å². The highest BCUT2D eigenvalue weighted by Gasteiger charge is 2.23. The minimum Gasteiger partial charge on any atom is -0.348 e. The molecule has 1 amide bonds. The van der Waals surface area contributed by atoms with Crippen LogP contribution in [-0.2, 0) is 11.3 Å². The molecule has 128 valence electrons. The number of hydrogen-bond donors (Lipinski definition) is 1. The number of nitrogens with zero attached hydrogens (tertiary/aromatic N) is 4. The Balaban J connectivity index is 1.43. The molecule has 0 spiro atoms. The first-order chi connectivity index (χ1) is 12.1. The Morgan fingerprint density at radius 2 is 2.08 bits per heavy atom. The summed E-state index contributed by atoms with van der Waals surface area (Å²) in [5.74, 6) is 0.739. The van der Waals surface area contributed by atoms with Gasteiger partial charge in [-0.1, -0.05) is 24.3 Å². The Hall–Kier alpha value is -2.96. The smallest absolute Gasteiger partial charge is 0.348 e. The van der Waals surface area contributed by atoms with Gasteiger partial charge in [0.2, 0.25) is 5.91 Å². The van der Waals surface area contributed by atoms with Crippen molar-refractivity contribution < 1.29 is 4.79 Å². The van der Waals surface area contributed by atoms with Gasteiger partial charge in [0.05, 0.1) is 6.04 Å². The molecule has 7 heteroatoms. The molecule has 1 fully saturated rings. The van der Waals surface area contributed by atoms with Gasteiger partial charge in [-0.3, -0.25) is 4.79 Å². The summed E-state index contributed by atoms with van der Waals surface area (Å²) in [5.41, 5.74) is 2.03. The number of carbonyl (C=O) groups excluding carboxylic acids is 1. The van der Waals surface area contributed by atoms with Crippen molar-refractivity contribution >= 4 is 11.7 Å². The SMILES string of the molecule is C[C@H](NC(=O)Cn1nc2ncccn2c1=O)c1ccc(C2CC2)cc1. The van der Waals surface area contributed by atoms with E-state index in [9.17, 15) is 9.59 Å². The molecule has 1 aromatic carbocycles. The maximum atomic E-state index is 12.3. The number of nitrogens with one attached hydrogen (secondary N) is 1. The summed E-state index contributed by atoms with van der Waals surface area (Å²) in [5, 5.41) is 6.98. The molecule has 4 rings (SSSR count). The number of hydrogen-bond acceptors (Lipinski definition) is 4. The van der Waals surface area contributed by atoms with Crippen LogP contribution in [-0.4, -0.2) is 25.1 Å². The van der Waals surface area contributed by atoms with E-state index >= 15 is 0 Å². The molecule has 1 aliphatic carbocycles. The van der Waals surface area contributed by atoms with E-state index in [4.69, 9.17) is 0 Å². The van der Waals surface area contributed by atoms with Crippen LogP contribution in [0.15, 0.2) is 47.5 Å². The Kier molecular flexibility index (Phi) is 3.83. The van der Waals surface area contributed by atoms with Gasteiger partial charge in [0, 0.05) is 12.4 Å². The van der Waals surface area contributed by atoms with Crippen molar-refractivity contribution in [3.05, 3.63) is 64.3 Å². The first-order valence-electron chi connectivity index (χ1n) is 8.41. The van der Waals surface area contributed by atoms with E-state index in [1.165, 1.54) is 22.8 Å². The molecule has 0 aliphatic heterocycles. The zero-order chi connectivity index (χ0) is 17.4. The summed E-state index contributed by atoms with van der Waals surface area (Å²) < 4.78 is 2.44. The molecule has 0 radical (unpaired) electrons. The molecule has 0 unspecified atom stereocenters. The number of aromatic nitrogens is 4. The molecule has 0 bridgehead atoms. The summed E-state index contributed by atoms with van der Waals surface area (Å²) in [7, 11) is 0. The van der Waals surface area contributed by atoms with Gasteiger partial charge < -0.3 is 5.32 Å². The quantitative estimate of drug-likeness (QED) is 0.767. The molecule has 25 heavy (non-hydrogen) atoms. The summed E-state index contributed by atoms with van der Waals surface area (Å²) in [6.07, 6.45) is 5.68. The van der Waals surface area contributed by atoms with Crippen LogP contribution in [0.4, 0.5) is 0 Å². The third-order valence-electron chi connectivity index (χ3n) is 4.52. The maximum Gasteiger partial charge on any atom is 0.352 e. The van der Waals surface area contributed by atoms with Gasteiger partial charge in [-0.25, -0.2) is 18.9 Å². The molecule has 1 saturated carbocycles. The van der Waals surface area contributed by atoms with Crippen molar-refractivity contribution in [1.82, 2.24) is 24.5 Å². The predicted octanol–water partition coefficient (Wildman–Crippen LogP) is 1.65. The summed E-state index contributed by atoms with van der Waals surface area (Å²) in [4.78, 5) is 28.4. The lowest BCUT2D eigenvalue weighted by Gasteiger charge is -2.14. The molecule has 1 atom stereocenters. The first kappa shape index (κ1) is 15.6. The molecule has 2 heterocycles. The van der Waals surface area contributed by atoms with E-state index in [0.717, 1.165) is 16.2 Å². The number of carbonyl (C=O) groups is 1. The highest BCUT2D eigenvalue weighted by molar-refractivity contribution is 5.76. The first-order valence-corrected chi connectivity index (χ1v) is 8.41. The van der Waals surface area contributed by atoms with Gasteiger partial charge in [0.25, 0.3) is 5.78 Å². The minimum absolute atomic E-state index is 0.132. The van der Waals surface area contributed by atoms with Gasteiger partial charge in [0.1, 0.15) is 6.54 Å². The molecule has 0 saturated heterocycles. The molecular formula is C18H19N5O2. The third kappa shape index (κ3) is 3.17. The highest BCUT2D eigenvalue weighted by Crippen LogP contribution is 2.40. The van der Waals surface area contributed by atoms with Gasteiger partial charge in [-0.15, -0.1) is 5.10 Å². The second-order valence-electron chi connectivity index (χ2n) is 6.46. The predicted molar refractivity (Wildman–Crippen MR) is 92.2 cm³/mol. The summed E-state index contributed by atoms with van der Waals surface area (Å²) in [6.45, 7) is 1.80. The maximum absolute atomic E-state index is 12.3. The highest BCUT2D eigenvalue weighted by atomic mass is 16.2. The molecule has 1 N–H and O–H groups in total. The number of amides is 1. The van der Waals surface area contributed by atoms with Crippen LogP contribution in [0.1, 0.15) is 42.9 Å². The van der Waals surface area contributed by atoms with Crippen LogP contribution in [0, 0.1) is 0 Å². The van der Waals surface area contributed by atoms with Crippen molar-refractivity contribution in [3.63, 3.8) is 0 Å². The minimum atomic E-state index is -0.375. The number of rotatable bonds is 5. The monoisotopic (exact) mass is 337 g/mol. The van der Waals surface area contributed by atoms with Gasteiger partial charge in [-0.2, -0.15) is 0 Å². The third-order valence-corrected chi connectivity index (χ3v) is 4.52. The van der Waals surface area contributed by atoms with Crippen LogP contribution in [0.25, 0.3) is 5.78 Å². The Labute approximate surface area is 144 Å². The average Bonchev–Trinajstić information content (AvgIpc) is 3.42. The lowest BCUT2D eigenvalue weighted by Crippen LogP contribution is -2.34. The average molecular weight is 337 g/mol. The second kappa shape index (κ2) is 6.16. The molecular weight excluding hydrogens is 318 g/mol. The van der Waals surface area contributed by atoms with Crippen molar-refractivity contribution in [3.8, 4) is 0 Å². The Morgan fingerprint density at radius 1 is 1.32 bits per heavy atom. The topological polar surface area (TPSA) is 81.3 Å². The Bertz CT molecular complexity index is 969. The normalized spacial score (nSPS) is 15.2. The fourth-order valence-electron chi connectivity index (χ4n) is 2.94. The van der Waals surface area contributed by atoms with Gasteiger partial charge >= 0.3 is 5.69 Å². The van der Waals surface area contributed by atoms with Crippen LogP contribution < -0.4 is 11.0 Å². The van der Waals surface area contributed by atoms with Gasteiger partial charge in [0.15, 0.2) is 0 Å². The van der Waals surface area contributed by atoms with Gasteiger partial charge in [-0.05, 0) is 42.9 Å². The zero-order valence-electron chi connectivity index (χ0n) is 13.9. The van der Waals surface area contributed by atoms with Crippen LogP contribution >= 0.6 is 0 Å². The van der Waals surface area contributed by atoms with E-state index in [2.05, 4.69) is 39.7 Å². The standard InChI is InChI=1S/C18H19N5O2/c1-12(13-3-5-14(6-4-13)15-7-8-15)20-16(24)11-23-18(25)22-10-2-9-19-17(22)21-23/h2-6,9-10,12,15H,7-8,11H2,1H3,(H,20,24)/t12-/m0/s1. The van der Waals surface area contributed by atoms with E-state index in [1.54, 1.807) is 18.5 Å². The molecule has 2 aromatic heterocycles. The second-order valence-corrected chi connectivity index (χ2v) is 6.46. The molecule has 3 aromatic rings. The van der Waals surface area contributed by atoms with E-state index in [0.29, 0.717) is 0 Å². The lowest BCUT2D eigenvalue weighted by atomic mass is 10.0. The van der Waals surface area contributed by atoms with Crippen LogP contribution in [0.5, 0.6) is 0 Å². The van der Waals surface area contributed by atoms with E-state index < -0.39 is 0 Å². The van der Waals surface area contributed by atoms with E-state index in [1.807, 2.05) is 6.92 Å². The number of fused-ring (bicyclic) bond motifs is 1. The summed E-state index contributed by atoms with van der Waals surface area (Å²) in [6, 6.07) is 9.89. The fourth-order valence-corrected chi connectivity index (χ4v) is 2.94. The van der Waals surface area contributed by atoms with Crippen molar-refractivity contribution in [2.45, 2.75) is 38.3 Å². The van der Waals surface area contributed by atoms with Crippen LogP contribution in [0.3, 0.4) is 0 Å². The zero-order valence-corrected chi connectivity index (χ0v) is 13.9. The number of benzene rings is 1. The van der Waals surface area contributed by atoms with Crippen molar-refractivity contribution in [1.29, 1.82) is 0 Å². The molecule has 7 nitrogen and oxygen atoms in total. The Morgan fingerprint density at radius 3 is 2.76 bits per heavy atom. The van der Waals surface area contributed by atoms with Crippen molar-refractivity contribution in [2.24, 2.45) is 0 Å². The molecule has 1 aliphatic rings. The lowest BCUT2D eigenvalue weighted by molar-refractivity contribution is -0.122. The largest absolute Gasteiger partial charge is 0.352 e. The summed E-state index contributed by atoms with van der Waals surface area (Å²) >= 11 is 0. The van der Waals surface area contributed by atoms with Crippen molar-refractivity contribution in [2.75, 3.05) is 0 Å². The fraction of sp³-hybridized carbons (Fsp3) is 0.333. The van der Waals surface area contributed by atoms with E-state index in [-0.39, 0.29) is 30.0 Å².